The third-order valence-electron chi connectivity index (χ3n) is 6.05. The number of pyridine rings is 1. The first kappa shape index (κ1) is 18.5. The number of benzene rings is 1. The summed E-state index contributed by atoms with van der Waals surface area (Å²) in [4.78, 5) is 32.3. The minimum absolute atomic E-state index is 0.0446. The third-order valence-corrected chi connectivity index (χ3v) is 6.05. The van der Waals surface area contributed by atoms with Crippen LogP contribution < -0.4 is 5.73 Å². The lowest BCUT2D eigenvalue weighted by atomic mass is 9.70. The van der Waals surface area contributed by atoms with E-state index in [2.05, 4.69) is 4.98 Å². The van der Waals surface area contributed by atoms with E-state index < -0.39 is 5.41 Å². The Morgan fingerprint density at radius 1 is 1.21 bits per heavy atom. The van der Waals surface area contributed by atoms with E-state index in [0.29, 0.717) is 30.8 Å². The van der Waals surface area contributed by atoms with E-state index in [0.717, 1.165) is 18.4 Å². The van der Waals surface area contributed by atoms with Gasteiger partial charge >= 0.3 is 5.97 Å². The Hall–Kier alpha value is -2.89. The Labute approximate surface area is 164 Å². The predicted octanol–water partition coefficient (Wildman–Crippen LogP) is 2.83. The van der Waals surface area contributed by atoms with Crippen molar-refractivity contribution in [1.29, 1.82) is 0 Å². The zero-order valence-corrected chi connectivity index (χ0v) is 16.0. The molecule has 6 heteroatoms. The van der Waals surface area contributed by atoms with Gasteiger partial charge in [-0.25, -0.2) is 4.98 Å². The molecule has 0 radical (unpaired) electrons. The van der Waals surface area contributed by atoms with Crippen molar-refractivity contribution in [3.05, 3.63) is 59.8 Å². The number of rotatable bonds is 5. The van der Waals surface area contributed by atoms with E-state index in [9.17, 15) is 9.59 Å². The fourth-order valence-corrected chi connectivity index (χ4v) is 4.89. The van der Waals surface area contributed by atoms with Gasteiger partial charge in [0.25, 0.3) is 5.91 Å². The van der Waals surface area contributed by atoms with Gasteiger partial charge in [-0.05, 0) is 50.3 Å². The molecule has 1 amide bonds. The number of fused-ring (bicyclic) bond motifs is 2. The van der Waals surface area contributed by atoms with E-state index in [1.807, 2.05) is 42.2 Å². The van der Waals surface area contributed by atoms with Crippen molar-refractivity contribution in [2.45, 2.75) is 44.7 Å². The van der Waals surface area contributed by atoms with Gasteiger partial charge in [0, 0.05) is 18.3 Å². The van der Waals surface area contributed by atoms with Gasteiger partial charge in [0.1, 0.15) is 5.82 Å². The third kappa shape index (κ3) is 3.03. The van der Waals surface area contributed by atoms with Gasteiger partial charge in [-0.15, -0.1) is 0 Å². The molecule has 146 valence electrons. The Morgan fingerprint density at radius 2 is 2.00 bits per heavy atom. The highest BCUT2D eigenvalue weighted by Gasteiger charge is 2.61. The number of nitrogen functional groups attached to an aromatic ring is 1. The van der Waals surface area contributed by atoms with Gasteiger partial charge in [-0.3, -0.25) is 9.59 Å². The molecule has 1 aromatic carbocycles. The maximum atomic E-state index is 13.2. The van der Waals surface area contributed by atoms with Crippen LogP contribution in [0.2, 0.25) is 0 Å². The number of nitrogens with two attached hydrogens (primary N) is 1. The van der Waals surface area contributed by atoms with Gasteiger partial charge < -0.3 is 15.4 Å². The average molecular weight is 379 g/mol. The number of carbonyl (C=O) groups excluding carboxylic acids is 2. The van der Waals surface area contributed by atoms with Crippen molar-refractivity contribution in [3.8, 4) is 0 Å². The average Bonchev–Trinajstić information content (AvgIpc) is 3.25. The molecule has 0 saturated carbocycles. The topological polar surface area (TPSA) is 85.5 Å². The van der Waals surface area contributed by atoms with Crippen molar-refractivity contribution in [3.63, 3.8) is 0 Å². The summed E-state index contributed by atoms with van der Waals surface area (Å²) in [5, 5.41) is 0. The summed E-state index contributed by atoms with van der Waals surface area (Å²) in [6.45, 7) is 2.16. The van der Waals surface area contributed by atoms with Crippen molar-refractivity contribution in [2.75, 3.05) is 12.3 Å². The molecule has 2 aliphatic heterocycles. The van der Waals surface area contributed by atoms with E-state index in [1.54, 1.807) is 12.1 Å². The molecular formula is C22H25N3O3. The molecule has 1 aromatic heterocycles. The maximum absolute atomic E-state index is 13.2. The highest BCUT2D eigenvalue weighted by Crippen LogP contribution is 2.52. The molecule has 3 atom stereocenters. The lowest BCUT2D eigenvalue weighted by Crippen LogP contribution is -2.47. The van der Waals surface area contributed by atoms with Crippen LogP contribution in [0.1, 0.15) is 42.1 Å². The first-order valence-corrected chi connectivity index (χ1v) is 9.80. The van der Waals surface area contributed by atoms with Crippen LogP contribution in [-0.4, -0.2) is 40.5 Å². The summed E-state index contributed by atoms with van der Waals surface area (Å²) in [5.74, 6) is 0.101. The zero-order chi connectivity index (χ0) is 19.7. The fourth-order valence-electron chi connectivity index (χ4n) is 4.89. The van der Waals surface area contributed by atoms with Crippen LogP contribution in [0, 0.1) is 5.41 Å². The van der Waals surface area contributed by atoms with Crippen molar-refractivity contribution in [2.24, 2.45) is 5.41 Å². The number of esters is 1. The quantitative estimate of drug-likeness (QED) is 0.808. The number of nitrogens with zero attached hydrogens (tertiary/aromatic N) is 2. The van der Waals surface area contributed by atoms with E-state index >= 15 is 0 Å². The molecule has 0 spiro atoms. The van der Waals surface area contributed by atoms with Crippen LogP contribution in [0.15, 0.2) is 48.7 Å². The minimum atomic E-state index is -0.697. The number of aromatic nitrogens is 1. The monoisotopic (exact) mass is 379 g/mol. The molecule has 6 nitrogen and oxygen atoms in total. The summed E-state index contributed by atoms with van der Waals surface area (Å²) in [7, 11) is 0. The van der Waals surface area contributed by atoms with Crippen LogP contribution >= 0.6 is 0 Å². The first-order valence-electron chi connectivity index (χ1n) is 9.80. The van der Waals surface area contributed by atoms with Crippen molar-refractivity contribution in [1.82, 2.24) is 9.88 Å². The van der Waals surface area contributed by atoms with Crippen LogP contribution in [0.4, 0.5) is 5.82 Å². The number of anilines is 1. The molecular weight excluding hydrogens is 354 g/mol. The Morgan fingerprint density at radius 3 is 2.68 bits per heavy atom. The fraction of sp³-hybridized carbons (Fsp3) is 0.409. The molecule has 4 rings (SSSR count). The number of hydrogen-bond acceptors (Lipinski definition) is 5. The molecule has 2 aliphatic rings. The van der Waals surface area contributed by atoms with Gasteiger partial charge in [-0.1, -0.05) is 30.3 Å². The number of hydrogen-bond donors (Lipinski definition) is 1. The minimum Gasteiger partial charge on any atom is -0.465 e. The van der Waals surface area contributed by atoms with E-state index in [-0.39, 0.29) is 24.0 Å². The molecule has 2 bridgehead atoms. The second-order valence-corrected chi connectivity index (χ2v) is 7.67. The number of carbonyl (C=O) groups is 2. The maximum Gasteiger partial charge on any atom is 0.314 e. The SMILES string of the molecule is CCOC(=O)[C@@]1(Cc2ccccc2)C[C@H]2CC[C@@H]1N2C(=O)c1ccc(N)nc1. The molecule has 28 heavy (non-hydrogen) atoms. The van der Waals surface area contributed by atoms with Gasteiger partial charge in [0.15, 0.2) is 0 Å². The molecule has 0 aliphatic carbocycles. The van der Waals surface area contributed by atoms with Crippen LogP contribution in [0.25, 0.3) is 0 Å². The lowest BCUT2D eigenvalue weighted by molar-refractivity contribution is -0.157. The van der Waals surface area contributed by atoms with Crippen LogP contribution in [-0.2, 0) is 16.0 Å². The number of ether oxygens (including phenoxy) is 1. The second kappa shape index (κ2) is 7.26. The smallest absolute Gasteiger partial charge is 0.314 e. The van der Waals surface area contributed by atoms with Crippen LogP contribution in [0.3, 0.4) is 0 Å². The highest BCUT2D eigenvalue weighted by molar-refractivity contribution is 5.96. The highest BCUT2D eigenvalue weighted by atomic mass is 16.5. The number of amides is 1. The van der Waals surface area contributed by atoms with E-state index in [4.69, 9.17) is 10.5 Å². The summed E-state index contributed by atoms with van der Waals surface area (Å²) >= 11 is 0. The van der Waals surface area contributed by atoms with Crippen molar-refractivity contribution >= 4 is 17.7 Å². The summed E-state index contributed by atoms with van der Waals surface area (Å²) in [6.07, 6.45) is 4.45. The molecule has 0 unspecified atom stereocenters. The largest absolute Gasteiger partial charge is 0.465 e. The van der Waals surface area contributed by atoms with Crippen molar-refractivity contribution < 1.29 is 14.3 Å². The second-order valence-electron chi connectivity index (χ2n) is 7.67. The van der Waals surface area contributed by atoms with Gasteiger partial charge in [0.05, 0.1) is 17.6 Å². The standard InChI is InChI=1S/C22H25N3O3/c1-2-28-21(27)22(12-15-6-4-3-5-7-15)13-17-9-10-18(22)25(17)20(26)16-8-11-19(23)24-14-16/h3-8,11,14,17-18H,2,9-10,12-13H2,1H3,(H2,23,24)/t17-,18+,22+/m1/s1. The lowest BCUT2D eigenvalue weighted by Gasteiger charge is -2.35. The first-order chi connectivity index (χ1) is 13.5. The zero-order valence-electron chi connectivity index (χ0n) is 16.0. The Bertz CT molecular complexity index is 868. The van der Waals surface area contributed by atoms with E-state index in [1.165, 1.54) is 6.20 Å². The summed E-state index contributed by atoms with van der Waals surface area (Å²) < 4.78 is 5.50. The molecule has 2 fully saturated rings. The normalized spacial score (nSPS) is 25.7. The van der Waals surface area contributed by atoms with Gasteiger partial charge in [0.2, 0.25) is 0 Å². The Kier molecular flexibility index (Phi) is 4.79. The molecule has 2 N–H and O–H groups in total. The molecule has 2 aromatic rings. The summed E-state index contributed by atoms with van der Waals surface area (Å²) in [5.41, 5.74) is 6.55. The molecule has 2 saturated heterocycles. The Balaban J connectivity index is 1.68. The predicted molar refractivity (Wildman–Crippen MR) is 105 cm³/mol. The van der Waals surface area contributed by atoms with Gasteiger partial charge in [-0.2, -0.15) is 0 Å². The summed E-state index contributed by atoms with van der Waals surface area (Å²) in [6, 6.07) is 13.2. The van der Waals surface area contributed by atoms with Crippen LogP contribution in [0.5, 0.6) is 0 Å². The molecule has 3 heterocycles.